The average molecular weight is 330 g/mol. The molecule has 25 heavy (non-hydrogen) atoms. The summed E-state index contributed by atoms with van der Waals surface area (Å²) < 4.78 is 5.30. The van der Waals surface area contributed by atoms with Crippen LogP contribution in [-0.2, 0) is 0 Å². The molecule has 1 aliphatic rings. The Balaban J connectivity index is 1.84. The zero-order chi connectivity index (χ0) is 17.0. The number of hydrogen-bond acceptors (Lipinski definition) is 6. The lowest BCUT2D eigenvalue weighted by molar-refractivity contribution is 0.393. The van der Waals surface area contributed by atoms with Gasteiger partial charge in [-0.25, -0.2) is 9.97 Å². The number of pyridine rings is 2. The monoisotopic (exact) mass is 330 g/mol. The molecule has 0 amide bonds. The van der Waals surface area contributed by atoms with Crippen molar-refractivity contribution in [2.45, 2.75) is 13.8 Å². The van der Waals surface area contributed by atoms with E-state index in [1.807, 2.05) is 32.0 Å². The fraction of sp³-hybridized carbons (Fsp3) is 0.111. The second-order valence-corrected chi connectivity index (χ2v) is 5.95. The molecule has 7 heteroatoms. The van der Waals surface area contributed by atoms with Crippen LogP contribution >= 0.6 is 0 Å². The maximum absolute atomic E-state index is 5.30. The van der Waals surface area contributed by atoms with Crippen molar-refractivity contribution in [1.82, 2.24) is 25.1 Å². The highest BCUT2D eigenvalue weighted by Gasteiger charge is 2.25. The molecule has 0 unspecified atom stereocenters. The number of fused-ring (bicyclic) bond motifs is 5. The van der Waals surface area contributed by atoms with Gasteiger partial charge >= 0.3 is 0 Å². The number of aryl methyl sites for hydroxylation is 2. The molecule has 0 saturated heterocycles. The second kappa shape index (κ2) is 5.01. The van der Waals surface area contributed by atoms with Gasteiger partial charge in [0.05, 0.1) is 28.8 Å². The molecule has 5 rings (SSSR count). The predicted octanol–water partition coefficient (Wildman–Crippen LogP) is 3.86. The lowest BCUT2D eigenvalue weighted by Gasteiger charge is -2.07. The van der Waals surface area contributed by atoms with E-state index in [-0.39, 0.29) is 0 Å². The van der Waals surface area contributed by atoms with Crippen LogP contribution in [0.2, 0.25) is 0 Å². The molecular weight excluding hydrogens is 316 g/mol. The first-order valence-electron chi connectivity index (χ1n) is 7.92. The minimum Gasteiger partial charge on any atom is -0.361 e. The molecule has 0 radical (unpaired) electrons. The Hall–Kier alpha value is -3.48. The number of hydrogen-bond donors (Lipinski definition) is 2. The summed E-state index contributed by atoms with van der Waals surface area (Å²) in [5.74, 6) is 2.23. The van der Waals surface area contributed by atoms with Gasteiger partial charge in [0.15, 0.2) is 0 Å². The summed E-state index contributed by atoms with van der Waals surface area (Å²) in [5.41, 5.74) is 6.27. The maximum atomic E-state index is 5.30. The van der Waals surface area contributed by atoms with Gasteiger partial charge in [0.2, 0.25) is 0 Å². The Morgan fingerprint density at radius 1 is 1.08 bits per heavy atom. The summed E-state index contributed by atoms with van der Waals surface area (Å²) in [7, 11) is 0. The van der Waals surface area contributed by atoms with Gasteiger partial charge in [-0.15, -0.1) is 0 Å². The highest BCUT2D eigenvalue weighted by molar-refractivity contribution is 5.95. The standard InChI is InChI=1S/C18H14N6O/c1-9-14(10(2)25-24-9)18-22-15-11-5-7-19-8-13(11)21-17-12(16(15)23-18)4-3-6-20-17/h3-8H,1-2H3,(H,20,21)(H,22,23). The van der Waals surface area contributed by atoms with E-state index < -0.39 is 0 Å². The Morgan fingerprint density at radius 2 is 2.00 bits per heavy atom. The van der Waals surface area contributed by atoms with Gasteiger partial charge in [0, 0.05) is 23.5 Å². The molecule has 0 spiro atoms. The number of aromatic amines is 1. The number of anilines is 2. The van der Waals surface area contributed by atoms with E-state index in [0.29, 0.717) is 0 Å². The Labute approximate surface area is 143 Å². The van der Waals surface area contributed by atoms with E-state index in [1.165, 1.54) is 0 Å². The molecule has 4 aromatic rings. The Morgan fingerprint density at radius 3 is 2.84 bits per heavy atom. The zero-order valence-electron chi connectivity index (χ0n) is 13.7. The van der Waals surface area contributed by atoms with E-state index in [2.05, 4.69) is 25.4 Å². The van der Waals surface area contributed by atoms with E-state index in [0.717, 1.165) is 56.9 Å². The third kappa shape index (κ3) is 1.99. The van der Waals surface area contributed by atoms with Crippen LogP contribution in [0.15, 0.2) is 41.3 Å². The summed E-state index contributed by atoms with van der Waals surface area (Å²) in [6, 6.07) is 5.87. The van der Waals surface area contributed by atoms with E-state index >= 15 is 0 Å². The molecule has 1 aliphatic heterocycles. The quantitative estimate of drug-likeness (QED) is 0.485. The van der Waals surface area contributed by atoms with Gasteiger partial charge in [-0.05, 0) is 32.0 Å². The summed E-state index contributed by atoms with van der Waals surface area (Å²) in [6.45, 7) is 3.80. The molecule has 0 atom stereocenters. The van der Waals surface area contributed by atoms with Crippen LogP contribution in [0.4, 0.5) is 11.5 Å². The molecule has 0 saturated carbocycles. The summed E-state index contributed by atoms with van der Waals surface area (Å²) in [5, 5.41) is 7.38. The first kappa shape index (κ1) is 13.9. The van der Waals surface area contributed by atoms with Gasteiger partial charge in [-0.1, -0.05) is 5.16 Å². The average Bonchev–Trinajstić information content (AvgIpc) is 3.16. The smallest absolute Gasteiger partial charge is 0.144 e. The van der Waals surface area contributed by atoms with Crippen molar-refractivity contribution < 1.29 is 4.52 Å². The number of aromatic nitrogens is 5. The molecule has 0 aromatic carbocycles. The molecule has 4 aromatic heterocycles. The number of rotatable bonds is 1. The summed E-state index contributed by atoms with van der Waals surface area (Å²) in [4.78, 5) is 17.0. The molecule has 7 nitrogen and oxygen atoms in total. The van der Waals surface area contributed by atoms with Crippen molar-refractivity contribution in [2.24, 2.45) is 0 Å². The van der Waals surface area contributed by atoms with Gasteiger partial charge in [0.1, 0.15) is 23.1 Å². The first-order valence-corrected chi connectivity index (χ1v) is 7.92. The van der Waals surface area contributed by atoms with Crippen molar-refractivity contribution in [2.75, 3.05) is 5.32 Å². The van der Waals surface area contributed by atoms with E-state index in [1.54, 1.807) is 18.6 Å². The summed E-state index contributed by atoms with van der Waals surface area (Å²) >= 11 is 0. The zero-order valence-corrected chi connectivity index (χ0v) is 13.7. The van der Waals surface area contributed by atoms with Gasteiger partial charge in [0.25, 0.3) is 0 Å². The fourth-order valence-corrected chi connectivity index (χ4v) is 3.24. The summed E-state index contributed by atoms with van der Waals surface area (Å²) in [6.07, 6.45) is 5.32. The Kier molecular flexibility index (Phi) is 2.79. The van der Waals surface area contributed by atoms with Crippen LogP contribution in [0, 0.1) is 13.8 Å². The number of nitrogens with zero attached hydrogens (tertiary/aromatic N) is 4. The van der Waals surface area contributed by atoms with Crippen LogP contribution in [0.1, 0.15) is 11.5 Å². The largest absolute Gasteiger partial charge is 0.361 e. The topological polar surface area (TPSA) is 92.5 Å². The highest BCUT2D eigenvalue weighted by Crippen LogP contribution is 2.43. The minimum absolute atomic E-state index is 0.737. The number of H-pyrrole nitrogens is 1. The maximum Gasteiger partial charge on any atom is 0.144 e. The van der Waals surface area contributed by atoms with Gasteiger partial charge in [-0.2, -0.15) is 0 Å². The van der Waals surface area contributed by atoms with Crippen LogP contribution in [0.3, 0.4) is 0 Å². The molecule has 0 fully saturated rings. The SMILES string of the molecule is Cc1noc(C)c1-c1nc2c([nH]1)-c1ccncc1Nc1ncccc1-2. The predicted molar refractivity (Wildman–Crippen MR) is 93.3 cm³/mol. The number of nitrogens with one attached hydrogen (secondary N) is 2. The van der Waals surface area contributed by atoms with Crippen molar-refractivity contribution >= 4 is 11.5 Å². The van der Waals surface area contributed by atoms with Gasteiger partial charge < -0.3 is 14.8 Å². The normalized spacial score (nSPS) is 11.9. The lowest BCUT2D eigenvalue weighted by atomic mass is 10.1. The minimum atomic E-state index is 0.737. The van der Waals surface area contributed by atoms with Crippen molar-refractivity contribution in [3.05, 3.63) is 48.2 Å². The third-order valence-corrected chi connectivity index (χ3v) is 4.38. The highest BCUT2D eigenvalue weighted by atomic mass is 16.5. The molecule has 0 aliphatic carbocycles. The van der Waals surface area contributed by atoms with Crippen molar-refractivity contribution in [3.63, 3.8) is 0 Å². The van der Waals surface area contributed by atoms with Crippen LogP contribution < -0.4 is 5.32 Å². The van der Waals surface area contributed by atoms with Crippen LogP contribution in [0.25, 0.3) is 33.9 Å². The molecular formula is C18H14N6O. The second-order valence-electron chi connectivity index (χ2n) is 5.95. The number of imidazole rings is 1. The van der Waals surface area contributed by atoms with E-state index in [9.17, 15) is 0 Å². The van der Waals surface area contributed by atoms with Gasteiger partial charge in [-0.3, -0.25) is 4.98 Å². The molecule has 122 valence electrons. The molecule has 5 heterocycles. The van der Waals surface area contributed by atoms with Crippen molar-refractivity contribution in [3.8, 4) is 33.9 Å². The lowest BCUT2D eigenvalue weighted by Crippen LogP contribution is -1.95. The molecule has 2 N–H and O–H groups in total. The van der Waals surface area contributed by atoms with Crippen molar-refractivity contribution in [1.29, 1.82) is 0 Å². The Bertz CT molecular complexity index is 1030. The molecule has 0 bridgehead atoms. The third-order valence-electron chi connectivity index (χ3n) is 4.38. The van der Waals surface area contributed by atoms with E-state index in [4.69, 9.17) is 9.51 Å². The van der Waals surface area contributed by atoms with Crippen LogP contribution in [0.5, 0.6) is 0 Å². The first-order chi connectivity index (χ1) is 12.2. The fourth-order valence-electron chi connectivity index (χ4n) is 3.24. The van der Waals surface area contributed by atoms with Crippen LogP contribution in [-0.4, -0.2) is 25.1 Å².